The van der Waals surface area contributed by atoms with E-state index in [1.165, 1.54) is 44.9 Å². The molecular weight excluding hydrogens is 368 g/mol. The van der Waals surface area contributed by atoms with Crippen molar-refractivity contribution in [2.75, 3.05) is 0 Å². The molecule has 0 atom stereocenters. The second-order valence-corrected chi connectivity index (χ2v) is 7.79. The van der Waals surface area contributed by atoms with Gasteiger partial charge in [0.15, 0.2) is 5.41 Å². The number of carboxylic acids is 2. The molecule has 0 aromatic heterocycles. The fourth-order valence-corrected chi connectivity index (χ4v) is 3.59. The summed E-state index contributed by atoms with van der Waals surface area (Å²) in [5.74, 6) is -2.31. The molecule has 0 aliphatic heterocycles. The molecule has 2 N–H and O–H groups in total. The van der Waals surface area contributed by atoms with Crippen molar-refractivity contribution in [3.05, 3.63) is 0 Å². The van der Waals surface area contributed by atoms with Gasteiger partial charge in [-0.05, 0) is 12.8 Å². The van der Waals surface area contributed by atoms with Crippen LogP contribution in [0.5, 0.6) is 0 Å². The van der Waals surface area contributed by atoms with Crippen LogP contribution in [0.15, 0.2) is 0 Å². The SMILES string of the molecule is CCCCCCCCCCCCC(CCCCCCC)(C(=O)O)C(=O)O.[Ca+2].[H-].[H-]. The molecule has 0 bridgehead atoms. The van der Waals surface area contributed by atoms with Gasteiger partial charge in [-0.25, -0.2) is 0 Å². The fourth-order valence-electron chi connectivity index (χ4n) is 3.59. The summed E-state index contributed by atoms with van der Waals surface area (Å²) in [4.78, 5) is 23.4. The Bertz CT molecular complexity index is 368. The Morgan fingerprint density at radius 3 is 1.11 bits per heavy atom. The molecule has 0 radical (unpaired) electrons. The number of rotatable bonds is 19. The molecule has 0 fully saturated rings. The van der Waals surface area contributed by atoms with Crippen molar-refractivity contribution in [1.82, 2.24) is 0 Å². The summed E-state index contributed by atoms with van der Waals surface area (Å²) in [5.41, 5.74) is -1.58. The van der Waals surface area contributed by atoms with Gasteiger partial charge in [-0.15, -0.1) is 0 Å². The van der Waals surface area contributed by atoms with Crippen LogP contribution in [-0.2, 0) is 9.59 Å². The summed E-state index contributed by atoms with van der Waals surface area (Å²) in [5, 5.41) is 19.1. The Labute approximate surface area is 199 Å². The van der Waals surface area contributed by atoms with E-state index in [-0.39, 0.29) is 53.4 Å². The van der Waals surface area contributed by atoms with Crippen molar-refractivity contribution in [3.8, 4) is 0 Å². The maximum absolute atomic E-state index is 11.7. The van der Waals surface area contributed by atoms with Crippen LogP contribution in [-0.4, -0.2) is 59.9 Å². The van der Waals surface area contributed by atoms with Gasteiger partial charge in [0.05, 0.1) is 0 Å². The molecule has 0 amide bonds. The van der Waals surface area contributed by atoms with E-state index in [0.29, 0.717) is 12.8 Å². The molecule has 4 nitrogen and oxygen atoms in total. The van der Waals surface area contributed by atoms with Crippen LogP contribution in [0, 0.1) is 5.41 Å². The number of carboxylic acid groups (broad SMARTS) is 2. The van der Waals surface area contributed by atoms with Crippen LogP contribution in [0.3, 0.4) is 0 Å². The van der Waals surface area contributed by atoms with E-state index < -0.39 is 17.4 Å². The van der Waals surface area contributed by atoms with Crippen LogP contribution in [0.4, 0.5) is 0 Å². The summed E-state index contributed by atoms with van der Waals surface area (Å²) in [6.45, 7) is 4.35. The van der Waals surface area contributed by atoms with Crippen molar-refractivity contribution >= 4 is 49.7 Å². The minimum absolute atomic E-state index is 0. The predicted octanol–water partition coefficient (Wildman–Crippen LogP) is 6.66. The van der Waals surface area contributed by atoms with Gasteiger partial charge in [-0.1, -0.05) is 110 Å². The summed E-state index contributed by atoms with van der Waals surface area (Å²) in [6, 6.07) is 0. The number of hydrogen-bond acceptors (Lipinski definition) is 2. The predicted molar refractivity (Wildman–Crippen MR) is 116 cm³/mol. The first-order valence-corrected chi connectivity index (χ1v) is 11.0. The maximum atomic E-state index is 11.7. The van der Waals surface area contributed by atoms with Crippen molar-refractivity contribution in [2.45, 2.75) is 123 Å². The number of unbranched alkanes of at least 4 members (excludes halogenated alkanes) is 13. The molecule has 0 aromatic rings. The van der Waals surface area contributed by atoms with Gasteiger partial charge in [0, 0.05) is 0 Å². The first kappa shape index (κ1) is 29.4. The zero-order valence-electron chi connectivity index (χ0n) is 19.9. The molecular formula is C22H44CaO4. The Kier molecular flexibility index (Phi) is 21.2. The normalized spacial score (nSPS) is 11.2. The van der Waals surface area contributed by atoms with E-state index in [1.807, 2.05) is 0 Å². The first-order chi connectivity index (χ1) is 12.5. The Hall–Kier alpha value is 0.200. The number of aliphatic carboxylic acids is 2. The van der Waals surface area contributed by atoms with Gasteiger partial charge < -0.3 is 13.1 Å². The molecule has 0 rings (SSSR count). The van der Waals surface area contributed by atoms with Crippen molar-refractivity contribution < 1.29 is 22.7 Å². The van der Waals surface area contributed by atoms with Gasteiger partial charge in [0.1, 0.15) is 0 Å². The summed E-state index contributed by atoms with van der Waals surface area (Å²) in [7, 11) is 0. The van der Waals surface area contributed by atoms with Crippen LogP contribution >= 0.6 is 0 Å². The standard InChI is InChI=1S/C22H42O4.Ca.2H/c1-3-5-7-9-10-11-12-13-15-17-19-22(20(23)24,21(25)26)18-16-14-8-6-4-2;;;/h3-19H2,1-2H3,(H,23,24)(H,25,26);;;/q;+2;2*-1. The average molecular weight is 413 g/mol. The van der Waals surface area contributed by atoms with E-state index >= 15 is 0 Å². The second kappa shape index (κ2) is 19.5. The smallest absolute Gasteiger partial charge is 1.00 e. The van der Waals surface area contributed by atoms with Crippen molar-refractivity contribution in [2.24, 2.45) is 5.41 Å². The average Bonchev–Trinajstić information content (AvgIpc) is 2.60. The Balaban J connectivity index is -0.00000104. The maximum Gasteiger partial charge on any atom is 2.00 e. The molecule has 0 heterocycles. The van der Waals surface area contributed by atoms with Gasteiger partial charge in [0.25, 0.3) is 0 Å². The fraction of sp³-hybridized carbons (Fsp3) is 0.909. The van der Waals surface area contributed by atoms with Crippen molar-refractivity contribution in [1.29, 1.82) is 0 Å². The second-order valence-electron chi connectivity index (χ2n) is 7.79. The van der Waals surface area contributed by atoms with E-state index in [9.17, 15) is 19.8 Å². The molecule has 0 aliphatic rings. The molecule has 0 aliphatic carbocycles. The van der Waals surface area contributed by atoms with Crippen LogP contribution in [0.1, 0.15) is 126 Å². The van der Waals surface area contributed by atoms with Crippen molar-refractivity contribution in [3.63, 3.8) is 0 Å². The number of hydrogen-bond donors (Lipinski definition) is 2. The first-order valence-electron chi connectivity index (χ1n) is 11.0. The van der Waals surface area contributed by atoms with E-state index in [1.54, 1.807) is 0 Å². The van der Waals surface area contributed by atoms with Crippen LogP contribution in [0.25, 0.3) is 0 Å². The van der Waals surface area contributed by atoms with E-state index in [4.69, 9.17) is 0 Å². The Morgan fingerprint density at radius 1 is 0.593 bits per heavy atom. The third-order valence-corrected chi connectivity index (χ3v) is 5.48. The largest absolute Gasteiger partial charge is 2.00 e. The van der Waals surface area contributed by atoms with Crippen LogP contribution in [0.2, 0.25) is 0 Å². The van der Waals surface area contributed by atoms with Gasteiger partial charge >= 0.3 is 49.7 Å². The van der Waals surface area contributed by atoms with Gasteiger partial charge in [-0.2, -0.15) is 0 Å². The molecule has 27 heavy (non-hydrogen) atoms. The van der Waals surface area contributed by atoms with E-state index in [0.717, 1.165) is 38.5 Å². The topological polar surface area (TPSA) is 74.6 Å². The quantitative estimate of drug-likeness (QED) is 0.141. The zero-order valence-corrected chi connectivity index (χ0v) is 20.1. The van der Waals surface area contributed by atoms with E-state index in [2.05, 4.69) is 13.8 Å². The van der Waals surface area contributed by atoms with Gasteiger partial charge in [-0.3, -0.25) is 9.59 Å². The number of carbonyl (C=O) groups is 2. The van der Waals surface area contributed by atoms with Crippen LogP contribution < -0.4 is 0 Å². The minimum Gasteiger partial charge on any atom is -1.00 e. The molecule has 0 saturated heterocycles. The third-order valence-electron chi connectivity index (χ3n) is 5.48. The van der Waals surface area contributed by atoms with Gasteiger partial charge in [0.2, 0.25) is 0 Å². The molecule has 158 valence electrons. The summed E-state index contributed by atoms with van der Waals surface area (Å²) in [6.07, 6.45) is 17.1. The molecule has 0 unspecified atom stereocenters. The monoisotopic (exact) mass is 412 g/mol. The zero-order chi connectivity index (χ0) is 19.7. The molecule has 0 spiro atoms. The minimum atomic E-state index is -1.58. The summed E-state index contributed by atoms with van der Waals surface area (Å²) >= 11 is 0. The third kappa shape index (κ3) is 13.9. The molecule has 0 aromatic carbocycles. The molecule has 0 saturated carbocycles. The molecule has 5 heteroatoms. The summed E-state index contributed by atoms with van der Waals surface area (Å²) < 4.78 is 0. The Morgan fingerprint density at radius 2 is 0.852 bits per heavy atom.